The molecule has 1 aliphatic rings. The molecule has 4 rings (SSSR count). The van der Waals surface area contributed by atoms with Gasteiger partial charge in [-0.2, -0.15) is 0 Å². The summed E-state index contributed by atoms with van der Waals surface area (Å²) in [7, 11) is 0. The minimum absolute atomic E-state index is 0.0151. The Morgan fingerprint density at radius 1 is 1.19 bits per heavy atom. The van der Waals surface area contributed by atoms with Crippen molar-refractivity contribution in [3.63, 3.8) is 0 Å². The summed E-state index contributed by atoms with van der Waals surface area (Å²) in [6.07, 6.45) is 2.18. The quantitative estimate of drug-likeness (QED) is 0.707. The molecule has 0 bridgehead atoms. The van der Waals surface area contributed by atoms with Crippen LogP contribution in [0.4, 0.5) is 10.5 Å². The summed E-state index contributed by atoms with van der Waals surface area (Å²) in [4.78, 5) is 18.7. The van der Waals surface area contributed by atoms with Crippen LogP contribution < -0.4 is 10.1 Å². The van der Waals surface area contributed by atoms with Crippen molar-refractivity contribution in [1.82, 2.24) is 9.88 Å². The Morgan fingerprint density at radius 3 is 2.69 bits per heavy atom. The topological polar surface area (TPSA) is 54.5 Å². The summed E-state index contributed by atoms with van der Waals surface area (Å²) in [5.74, 6) is 0.871. The molecule has 6 heteroatoms. The fourth-order valence-electron chi connectivity index (χ4n) is 3.10. The number of carbonyl (C=O) groups is 1. The fraction of sp³-hybridized carbons (Fsp3) is 0.300. The van der Waals surface area contributed by atoms with Crippen LogP contribution in [0.3, 0.4) is 0 Å². The minimum Gasteiger partial charge on any atom is -0.494 e. The Morgan fingerprint density at radius 2 is 1.96 bits per heavy atom. The largest absolute Gasteiger partial charge is 0.494 e. The Labute approximate surface area is 156 Å². The maximum absolute atomic E-state index is 12.2. The van der Waals surface area contributed by atoms with E-state index in [4.69, 9.17) is 9.72 Å². The lowest BCUT2D eigenvalue weighted by Crippen LogP contribution is -2.32. The predicted octanol–water partition coefficient (Wildman–Crippen LogP) is 4.99. The van der Waals surface area contributed by atoms with E-state index in [1.165, 1.54) is 0 Å². The average molecular weight is 367 g/mol. The summed E-state index contributed by atoms with van der Waals surface area (Å²) in [5.41, 5.74) is 2.83. The first kappa shape index (κ1) is 16.8. The maximum atomic E-state index is 12.2. The molecular weight excluding hydrogens is 346 g/mol. The number of anilines is 1. The number of amides is 2. The van der Waals surface area contributed by atoms with Crippen molar-refractivity contribution in [3.8, 4) is 16.3 Å². The normalized spacial score (nSPS) is 14.0. The molecule has 0 spiro atoms. The predicted molar refractivity (Wildman–Crippen MR) is 106 cm³/mol. The van der Waals surface area contributed by atoms with Crippen LogP contribution in [-0.4, -0.2) is 35.6 Å². The third-order valence-corrected chi connectivity index (χ3v) is 5.51. The number of benzene rings is 2. The lowest BCUT2D eigenvalue weighted by Gasteiger charge is -2.16. The molecular formula is C20H21N3O2S. The zero-order valence-corrected chi connectivity index (χ0v) is 15.5. The number of hydrogen-bond acceptors (Lipinski definition) is 4. The number of rotatable bonds is 4. The first-order valence-electron chi connectivity index (χ1n) is 8.92. The molecule has 134 valence electrons. The van der Waals surface area contributed by atoms with Gasteiger partial charge in [-0.1, -0.05) is 0 Å². The molecule has 1 aliphatic heterocycles. The van der Waals surface area contributed by atoms with Crippen molar-refractivity contribution in [1.29, 1.82) is 0 Å². The Kier molecular flexibility index (Phi) is 4.75. The van der Waals surface area contributed by atoms with E-state index < -0.39 is 0 Å². The molecule has 1 fully saturated rings. The number of aromatic nitrogens is 1. The number of thiazole rings is 1. The van der Waals surface area contributed by atoms with Crippen molar-refractivity contribution in [2.75, 3.05) is 25.0 Å². The molecule has 2 aromatic carbocycles. The maximum Gasteiger partial charge on any atom is 0.321 e. The number of hydrogen-bond donors (Lipinski definition) is 1. The van der Waals surface area contributed by atoms with Gasteiger partial charge in [-0.05, 0) is 62.2 Å². The van der Waals surface area contributed by atoms with Crippen LogP contribution in [0.2, 0.25) is 0 Å². The Bertz CT molecular complexity index is 914. The average Bonchev–Trinajstić information content (AvgIpc) is 3.32. The summed E-state index contributed by atoms with van der Waals surface area (Å²) in [6.45, 7) is 4.33. The van der Waals surface area contributed by atoms with Crippen LogP contribution in [0.1, 0.15) is 19.8 Å². The SMILES string of the molecule is CCOc1ccc2nc(-c3ccc(NC(=O)N4CCCC4)cc3)sc2c1. The highest BCUT2D eigenvalue weighted by Crippen LogP contribution is 2.32. The van der Waals surface area contributed by atoms with Crippen LogP contribution in [0.15, 0.2) is 42.5 Å². The van der Waals surface area contributed by atoms with E-state index in [1.807, 2.05) is 54.3 Å². The summed E-state index contributed by atoms with van der Waals surface area (Å²) in [6, 6.07) is 13.8. The first-order chi connectivity index (χ1) is 12.7. The van der Waals surface area contributed by atoms with Gasteiger partial charge in [0.25, 0.3) is 0 Å². The van der Waals surface area contributed by atoms with Crippen molar-refractivity contribution in [2.24, 2.45) is 0 Å². The molecule has 0 saturated carbocycles. The molecule has 5 nitrogen and oxygen atoms in total. The standard InChI is InChI=1S/C20H21N3O2S/c1-2-25-16-9-10-17-18(13-16)26-19(22-17)14-5-7-15(8-6-14)21-20(24)23-11-3-4-12-23/h5-10,13H,2-4,11-12H2,1H3,(H,21,24). The molecule has 2 amide bonds. The van der Waals surface area contributed by atoms with Gasteiger partial charge in [-0.25, -0.2) is 9.78 Å². The molecule has 0 unspecified atom stereocenters. The van der Waals surface area contributed by atoms with Crippen LogP contribution >= 0.6 is 11.3 Å². The number of urea groups is 1. The first-order valence-corrected chi connectivity index (χ1v) is 9.74. The Balaban J connectivity index is 1.51. The molecule has 1 N–H and O–H groups in total. The minimum atomic E-state index is -0.0151. The number of nitrogens with zero attached hydrogens (tertiary/aromatic N) is 2. The molecule has 3 aromatic rings. The van der Waals surface area contributed by atoms with Crippen LogP contribution in [0.5, 0.6) is 5.75 Å². The second-order valence-corrected chi connectivity index (χ2v) is 7.31. The molecule has 26 heavy (non-hydrogen) atoms. The van der Waals surface area contributed by atoms with Gasteiger partial charge in [-0.15, -0.1) is 11.3 Å². The van der Waals surface area contributed by atoms with Crippen LogP contribution in [-0.2, 0) is 0 Å². The van der Waals surface area contributed by atoms with E-state index in [0.717, 1.165) is 58.2 Å². The lowest BCUT2D eigenvalue weighted by atomic mass is 10.2. The fourth-order valence-corrected chi connectivity index (χ4v) is 4.10. The van der Waals surface area contributed by atoms with Gasteiger partial charge >= 0.3 is 6.03 Å². The molecule has 2 heterocycles. The third kappa shape index (κ3) is 3.51. The lowest BCUT2D eigenvalue weighted by molar-refractivity contribution is 0.222. The highest BCUT2D eigenvalue weighted by molar-refractivity contribution is 7.21. The van der Waals surface area contributed by atoms with E-state index in [-0.39, 0.29) is 6.03 Å². The number of nitrogens with one attached hydrogen (secondary N) is 1. The van der Waals surface area contributed by atoms with Crippen molar-refractivity contribution in [2.45, 2.75) is 19.8 Å². The van der Waals surface area contributed by atoms with Gasteiger partial charge in [0.05, 0.1) is 16.8 Å². The summed E-state index contributed by atoms with van der Waals surface area (Å²) >= 11 is 1.64. The zero-order chi connectivity index (χ0) is 17.9. The second kappa shape index (κ2) is 7.33. The van der Waals surface area contributed by atoms with Crippen LogP contribution in [0.25, 0.3) is 20.8 Å². The van der Waals surface area contributed by atoms with Crippen molar-refractivity contribution < 1.29 is 9.53 Å². The Hall–Kier alpha value is -2.60. The van der Waals surface area contributed by atoms with E-state index in [1.54, 1.807) is 11.3 Å². The summed E-state index contributed by atoms with van der Waals surface area (Å²) < 4.78 is 6.67. The smallest absolute Gasteiger partial charge is 0.321 e. The van der Waals surface area contributed by atoms with E-state index in [2.05, 4.69) is 5.32 Å². The third-order valence-electron chi connectivity index (χ3n) is 4.45. The van der Waals surface area contributed by atoms with Gasteiger partial charge < -0.3 is 15.0 Å². The van der Waals surface area contributed by atoms with Crippen LogP contribution in [0, 0.1) is 0 Å². The van der Waals surface area contributed by atoms with Crippen molar-refractivity contribution >= 4 is 33.3 Å². The van der Waals surface area contributed by atoms with E-state index in [9.17, 15) is 4.79 Å². The monoisotopic (exact) mass is 367 g/mol. The van der Waals surface area contributed by atoms with E-state index >= 15 is 0 Å². The van der Waals surface area contributed by atoms with Gasteiger partial charge in [-0.3, -0.25) is 0 Å². The molecule has 0 atom stereocenters. The molecule has 0 aliphatic carbocycles. The second-order valence-electron chi connectivity index (χ2n) is 6.28. The van der Waals surface area contributed by atoms with Gasteiger partial charge in [0.2, 0.25) is 0 Å². The zero-order valence-electron chi connectivity index (χ0n) is 14.7. The van der Waals surface area contributed by atoms with Gasteiger partial charge in [0.1, 0.15) is 10.8 Å². The number of likely N-dealkylation sites (tertiary alicyclic amines) is 1. The number of ether oxygens (including phenoxy) is 1. The molecule has 1 saturated heterocycles. The highest BCUT2D eigenvalue weighted by atomic mass is 32.1. The van der Waals surface area contributed by atoms with E-state index in [0.29, 0.717) is 6.61 Å². The summed E-state index contributed by atoms with van der Waals surface area (Å²) in [5, 5.41) is 3.93. The van der Waals surface area contributed by atoms with Gasteiger partial charge in [0, 0.05) is 24.3 Å². The number of fused-ring (bicyclic) bond motifs is 1. The van der Waals surface area contributed by atoms with Gasteiger partial charge in [0.15, 0.2) is 0 Å². The van der Waals surface area contributed by atoms with Crippen molar-refractivity contribution in [3.05, 3.63) is 42.5 Å². The number of carbonyl (C=O) groups excluding carboxylic acids is 1. The molecule has 1 aromatic heterocycles. The molecule has 0 radical (unpaired) electrons. The highest BCUT2D eigenvalue weighted by Gasteiger charge is 2.17.